The van der Waals surface area contributed by atoms with Crippen molar-refractivity contribution in [3.63, 3.8) is 0 Å². The summed E-state index contributed by atoms with van der Waals surface area (Å²) in [5.41, 5.74) is 1.08. The maximum absolute atomic E-state index is 9.65. The Morgan fingerprint density at radius 3 is 3.19 bits per heavy atom. The molecule has 0 amide bonds. The predicted octanol–water partition coefficient (Wildman–Crippen LogP) is 1.48. The Bertz CT molecular complexity index is 404. The molecule has 1 aromatic rings. The van der Waals surface area contributed by atoms with E-state index in [9.17, 15) is 5.11 Å². The zero-order valence-electron chi connectivity index (χ0n) is 9.05. The molecule has 16 heavy (non-hydrogen) atoms. The van der Waals surface area contributed by atoms with Crippen LogP contribution in [-0.4, -0.2) is 25.3 Å². The Kier molecular flexibility index (Phi) is 2.26. The third-order valence-corrected chi connectivity index (χ3v) is 3.18. The molecule has 1 fully saturated rings. The lowest BCUT2D eigenvalue weighted by molar-refractivity contribution is -0.0434. The van der Waals surface area contributed by atoms with Crippen LogP contribution in [0.3, 0.4) is 0 Å². The molecule has 0 spiro atoms. The van der Waals surface area contributed by atoms with E-state index in [0.29, 0.717) is 5.92 Å². The van der Waals surface area contributed by atoms with Gasteiger partial charge in [-0.25, -0.2) is 0 Å². The van der Waals surface area contributed by atoms with E-state index in [4.69, 9.17) is 14.2 Å². The Hall–Kier alpha value is -1.26. The van der Waals surface area contributed by atoms with E-state index in [1.165, 1.54) is 0 Å². The van der Waals surface area contributed by atoms with Crippen molar-refractivity contribution in [2.75, 3.05) is 13.9 Å². The number of aliphatic hydroxyl groups excluding tert-OH is 1. The first-order chi connectivity index (χ1) is 7.81. The fourth-order valence-corrected chi connectivity index (χ4v) is 2.32. The van der Waals surface area contributed by atoms with E-state index in [0.717, 1.165) is 23.5 Å². The van der Waals surface area contributed by atoms with Crippen LogP contribution in [0.5, 0.6) is 11.5 Å². The average Bonchev–Trinajstić information content (AvgIpc) is 3.06. The number of hydrogen-bond acceptors (Lipinski definition) is 4. The van der Waals surface area contributed by atoms with Gasteiger partial charge in [0, 0.05) is 24.5 Å². The zero-order valence-corrected chi connectivity index (χ0v) is 9.05. The Morgan fingerprint density at radius 2 is 2.38 bits per heavy atom. The van der Waals surface area contributed by atoms with Crippen LogP contribution < -0.4 is 9.47 Å². The van der Waals surface area contributed by atoms with Crippen molar-refractivity contribution in [2.45, 2.75) is 18.6 Å². The monoisotopic (exact) mass is 222 g/mol. The first kappa shape index (κ1) is 9.93. The van der Waals surface area contributed by atoms with Gasteiger partial charge < -0.3 is 19.3 Å². The van der Waals surface area contributed by atoms with E-state index >= 15 is 0 Å². The molecule has 1 aromatic carbocycles. The van der Waals surface area contributed by atoms with Crippen molar-refractivity contribution in [2.24, 2.45) is 5.92 Å². The molecule has 86 valence electrons. The first-order valence-corrected chi connectivity index (χ1v) is 5.40. The highest BCUT2D eigenvalue weighted by Gasteiger charge is 2.51. The molecule has 1 aliphatic carbocycles. The van der Waals surface area contributed by atoms with E-state index in [1.807, 2.05) is 18.2 Å². The molecule has 2 aliphatic rings. The third-order valence-electron chi connectivity index (χ3n) is 3.18. The average molecular weight is 222 g/mol. The van der Waals surface area contributed by atoms with Crippen LogP contribution in [0.15, 0.2) is 18.2 Å². The Labute approximate surface area is 93.7 Å². The summed E-state index contributed by atoms with van der Waals surface area (Å²) in [6.07, 6.45) is 0.316. The van der Waals surface area contributed by atoms with Crippen LogP contribution in [0.2, 0.25) is 0 Å². The van der Waals surface area contributed by atoms with Crippen LogP contribution in [0, 0.1) is 5.92 Å². The van der Waals surface area contributed by atoms with Crippen molar-refractivity contribution in [1.29, 1.82) is 0 Å². The lowest BCUT2D eigenvalue weighted by atomic mass is 10.0. The summed E-state index contributed by atoms with van der Waals surface area (Å²) in [5.74, 6) is 2.16. The fourth-order valence-electron chi connectivity index (χ4n) is 2.32. The van der Waals surface area contributed by atoms with Gasteiger partial charge in [0.25, 0.3) is 0 Å². The lowest BCUT2D eigenvalue weighted by Gasteiger charge is -2.23. The number of hydrogen-bond donors (Lipinski definition) is 1. The summed E-state index contributed by atoms with van der Waals surface area (Å²) < 4.78 is 15.8. The summed E-state index contributed by atoms with van der Waals surface area (Å²) in [7, 11) is 1.59. The summed E-state index contributed by atoms with van der Waals surface area (Å²) in [6.45, 7) is 0.233. The predicted molar refractivity (Wildman–Crippen MR) is 56.4 cm³/mol. The van der Waals surface area contributed by atoms with Gasteiger partial charge in [-0.1, -0.05) is 6.07 Å². The molecule has 4 heteroatoms. The Balaban J connectivity index is 1.94. The van der Waals surface area contributed by atoms with Crippen molar-refractivity contribution in [1.82, 2.24) is 0 Å². The van der Waals surface area contributed by atoms with Crippen molar-refractivity contribution in [3.05, 3.63) is 23.8 Å². The zero-order chi connectivity index (χ0) is 11.1. The molecular weight excluding hydrogens is 208 g/mol. The third kappa shape index (κ3) is 1.45. The number of aliphatic hydroxyl groups is 1. The second kappa shape index (κ2) is 3.64. The SMILES string of the molecule is COCOc1cccc2c1C1CC1C(O)O2. The quantitative estimate of drug-likeness (QED) is 0.787. The smallest absolute Gasteiger partial charge is 0.200 e. The van der Waals surface area contributed by atoms with Gasteiger partial charge in [0.2, 0.25) is 6.29 Å². The van der Waals surface area contributed by atoms with E-state index in [1.54, 1.807) is 7.11 Å². The molecule has 4 nitrogen and oxygen atoms in total. The molecule has 0 bridgehead atoms. The van der Waals surface area contributed by atoms with Gasteiger partial charge in [-0.15, -0.1) is 0 Å². The number of methoxy groups -OCH3 is 1. The van der Waals surface area contributed by atoms with E-state index in [2.05, 4.69) is 0 Å². The second-order valence-electron chi connectivity index (χ2n) is 4.23. The minimum absolute atomic E-state index is 0.233. The summed E-state index contributed by atoms with van der Waals surface area (Å²) in [6, 6.07) is 5.64. The highest BCUT2D eigenvalue weighted by Crippen LogP contribution is 2.58. The maximum Gasteiger partial charge on any atom is 0.200 e. The van der Waals surface area contributed by atoms with Gasteiger partial charge in [0.15, 0.2) is 6.79 Å². The fraction of sp³-hybridized carbons (Fsp3) is 0.500. The summed E-state index contributed by atoms with van der Waals surface area (Å²) in [4.78, 5) is 0. The minimum Gasteiger partial charge on any atom is -0.467 e. The first-order valence-electron chi connectivity index (χ1n) is 5.40. The van der Waals surface area contributed by atoms with Crippen molar-refractivity contribution < 1.29 is 19.3 Å². The van der Waals surface area contributed by atoms with Crippen LogP contribution >= 0.6 is 0 Å². The lowest BCUT2D eigenvalue weighted by Crippen LogP contribution is -2.23. The summed E-state index contributed by atoms with van der Waals surface area (Å²) >= 11 is 0. The molecule has 1 heterocycles. The molecule has 3 atom stereocenters. The van der Waals surface area contributed by atoms with Gasteiger partial charge in [0.1, 0.15) is 11.5 Å². The van der Waals surface area contributed by atoms with Crippen LogP contribution in [0.4, 0.5) is 0 Å². The number of fused-ring (bicyclic) bond motifs is 3. The summed E-state index contributed by atoms with van der Waals surface area (Å²) in [5, 5.41) is 9.65. The second-order valence-corrected chi connectivity index (χ2v) is 4.23. The highest BCUT2D eigenvalue weighted by atomic mass is 16.7. The molecule has 3 rings (SSSR count). The standard InChI is InChI=1S/C12H14O4/c1-14-6-15-9-3-2-4-10-11(9)7-5-8(7)12(13)16-10/h2-4,7-8,12-13H,5-6H2,1H3. The number of benzene rings is 1. The van der Waals surface area contributed by atoms with Crippen LogP contribution in [0.1, 0.15) is 17.9 Å². The molecule has 0 radical (unpaired) electrons. The number of ether oxygens (including phenoxy) is 3. The van der Waals surface area contributed by atoms with E-state index < -0.39 is 6.29 Å². The highest BCUT2D eigenvalue weighted by molar-refractivity contribution is 5.51. The molecular formula is C12H14O4. The molecule has 0 saturated heterocycles. The van der Waals surface area contributed by atoms with Crippen molar-refractivity contribution in [3.8, 4) is 11.5 Å². The van der Waals surface area contributed by atoms with E-state index in [-0.39, 0.29) is 12.7 Å². The van der Waals surface area contributed by atoms with Crippen molar-refractivity contribution >= 4 is 0 Å². The largest absolute Gasteiger partial charge is 0.467 e. The minimum atomic E-state index is -0.657. The number of rotatable bonds is 3. The van der Waals surface area contributed by atoms with Gasteiger partial charge in [0.05, 0.1) is 0 Å². The maximum atomic E-state index is 9.65. The molecule has 0 aromatic heterocycles. The van der Waals surface area contributed by atoms with Gasteiger partial charge in [-0.3, -0.25) is 0 Å². The normalized spacial score (nSPS) is 30.0. The van der Waals surface area contributed by atoms with Crippen LogP contribution in [0.25, 0.3) is 0 Å². The van der Waals surface area contributed by atoms with Gasteiger partial charge >= 0.3 is 0 Å². The van der Waals surface area contributed by atoms with Gasteiger partial charge in [-0.2, -0.15) is 0 Å². The topological polar surface area (TPSA) is 47.9 Å². The molecule has 1 N–H and O–H groups in total. The van der Waals surface area contributed by atoms with Gasteiger partial charge in [-0.05, 0) is 18.6 Å². The Morgan fingerprint density at radius 1 is 1.50 bits per heavy atom. The molecule has 3 unspecified atom stereocenters. The molecule has 1 saturated carbocycles. The van der Waals surface area contributed by atoms with Crippen LogP contribution in [-0.2, 0) is 4.74 Å². The molecule has 1 aliphatic heterocycles.